The molecule has 176 valence electrons. The van der Waals surface area contributed by atoms with Gasteiger partial charge in [0.15, 0.2) is 5.65 Å². The van der Waals surface area contributed by atoms with Gasteiger partial charge in [-0.3, -0.25) is 4.79 Å². The standard InChI is InChI=1S/C21H20F5N5O2/c1-10-2-3-13(11-4-5-31-14(6-11)29-19(27)30-31)16(22)15(10)18(33)28-9-21(25,26)17(32)12-7-20(23,24)8-12/h2-6,12,17,32H,7-9H2,1H3,(H2,27,30)(H,28,33)/t17-/m0/s1. The number of rotatable bonds is 6. The minimum absolute atomic E-state index is 0.0188. The van der Waals surface area contributed by atoms with Gasteiger partial charge in [0.2, 0.25) is 11.9 Å². The van der Waals surface area contributed by atoms with Crippen molar-refractivity contribution in [2.24, 2.45) is 5.92 Å². The van der Waals surface area contributed by atoms with Crippen molar-refractivity contribution in [2.75, 3.05) is 12.3 Å². The quantitative estimate of drug-likeness (QED) is 0.481. The number of carbonyl (C=O) groups is 1. The van der Waals surface area contributed by atoms with Gasteiger partial charge in [0.05, 0.1) is 12.1 Å². The van der Waals surface area contributed by atoms with E-state index >= 15 is 4.39 Å². The molecule has 0 bridgehead atoms. The van der Waals surface area contributed by atoms with Crippen molar-refractivity contribution in [2.45, 2.75) is 37.7 Å². The molecule has 1 aliphatic rings. The molecule has 0 unspecified atom stereocenters. The van der Waals surface area contributed by atoms with Crippen LogP contribution >= 0.6 is 0 Å². The van der Waals surface area contributed by atoms with Gasteiger partial charge in [0, 0.05) is 30.5 Å². The summed E-state index contributed by atoms with van der Waals surface area (Å²) in [7, 11) is 0. The summed E-state index contributed by atoms with van der Waals surface area (Å²) in [5, 5.41) is 15.6. The lowest BCUT2D eigenvalue weighted by Crippen LogP contribution is -2.53. The van der Waals surface area contributed by atoms with Crippen LogP contribution in [0.5, 0.6) is 0 Å². The van der Waals surface area contributed by atoms with Crippen molar-refractivity contribution < 1.29 is 31.9 Å². The third-order valence-corrected chi connectivity index (χ3v) is 5.73. The molecule has 0 aliphatic heterocycles. The predicted octanol–water partition coefficient (Wildman–Crippen LogP) is 3.20. The number of pyridine rings is 1. The highest BCUT2D eigenvalue weighted by molar-refractivity contribution is 5.97. The zero-order valence-corrected chi connectivity index (χ0v) is 17.3. The number of nitrogens with one attached hydrogen (secondary N) is 1. The highest BCUT2D eigenvalue weighted by Gasteiger charge is 2.55. The van der Waals surface area contributed by atoms with E-state index in [1.807, 2.05) is 5.32 Å². The second-order valence-corrected chi connectivity index (χ2v) is 8.22. The van der Waals surface area contributed by atoms with Gasteiger partial charge in [-0.05, 0) is 30.2 Å². The van der Waals surface area contributed by atoms with Gasteiger partial charge in [-0.15, -0.1) is 5.10 Å². The Bertz CT molecular complexity index is 1220. The summed E-state index contributed by atoms with van der Waals surface area (Å²) >= 11 is 0. The number of nitrogens with zero attached hydrogens (tertiary/aromatic N) is 3. The molecule has 2 aromatic heterocycles. The van der Waals surface area contributed by atoms with E-state index in [1.165, 1.54) is 41.9 Å². The fourth-order valence-corrected chi connectivity index (χ4v) is 3.91. The van der Waals surface area contributed by atoms with Crippen LogP contribution in [0.2, 0.25) is 0 Å². The fraction of sp³-hybridized carbons (Fsp3) is 0.381. The summed E-state index contributed by atoms with van der Waals surface area (Å²) in [6, 6.07) is 5.91. The summed E-state index contributed by atoms with van der Waals surface area (Å²) in [4.78, 5) is 16.6. The Hall–Kier alpha value is -3.28. The van der Waals surface area contributed by atoms with Gasteiger partial charge < -0.3 is 16.2 Å². The molecule has 12 heteroatoms. The first-order valence-electron chi connectivity index (χ1n) is 10.0. The summed E-state index contributed by atoms with van der Waals surface area (Å²) in [5.74, 6) is -10.3. The van der Waals surface area contributed by atoms with Crippen molar-refractivity contribution in [1.82, 2.24) is 19.9 Å². The zero-order valence-electron chi connectivity index (χ0n) is 17.3. The van der Waals surface area contributed by atoms with Crippen molar-refractivity contribution in [3.05, 3.63) is 47.4 Å². The number of hydrogen-bond acceptors (Lipinski definition) is 5. The van der Waals surface area contributed by atoms with Crippen molar-refractivity contribution in [3.63, 3.8) is 0 Å². The zero-order chi connectivity index (χ0) is 24.1. The second-order valence-electron chi connectivity index (χ2n) is 8.22. The first-order chi connectivity index (χ1) is 15.4. The second kappa shape index (κ2) is 7.94. The molecule has 1 amide bonds. The molecule has 3 aromatic rings. The molecule has 2 heterocycles. The number of aryl methyl sites for hydroxylation is 1. The van der Waals surface area contributed by atoms with Gasteiger partial charge in [0.25, 0.3) is 11.8 Å². The molecule has 7 nitrogen and oxygen atoms in total. The van der Waals surface area contributed by atoms with Crippen LogP contribution in [0, 0.1) is 18.7 Å². The number of fused-ring (bicyclic) bond motifs is 1. The summed E-state index contributed by atoms with van der Waals surface area (Å²) in [6.45, 7) is 0.108. The largest absolute Gasteiger partial charge is 0.386 e. The number of aromatic nitrogens is 3. The number of aliphatic hydroxyl groups is 1. The van der Waals surface area contributed by atoms with E-state index in [2.05, 4.69) is 10.1 Å². The van der Waals surface area contributed by atoms with Crippen LogP contribution in [0.1, 0.15) is 28.8 Å². The van der Waals surface area contributed by atoms with Gasteiger partial charge in [-0.2, -0.15) is 4.98 Å². The summed E-state index contributed by atoms with van der Waals surface area (Å²) in [5.41, 5.74) is 6.01. The molecule has 1 aliphatic carbocycles. The number of nitrogen functional groups attached to an aromatic ring is 1. The van der Waals surface area contributed by atoms with Crippen LogP contribution in [0.25, 0.3) is 16.8 Å². The average molecular weight is 469 g/mol. The van der Waals surface area contributed by atoms with Crippen molar-refractivity contribution in [1.29, 1.82) is 0 Å². The highest BCUT2D eigenvalue weighted by Crippen LogP contribution is 2.46. The van der Waals surface area contributed by atoms with E-state index in [0.717, 1.165) is 0 Å². The Morgan fingerprint density at radius 3 is 2.73 bits per heavy atom. The predicted molar refractivity (Wildman–Crippen MR) is 108 cm³/mol. The number of halogens is 5. The lowest BCUT2D eigenvalue weighted by atomic mass is 9.76. The molecule has 4 rings (SSSR count). The lowest BCUT2D eigenvalue weighted by Gasteiger charge is -2.40. The first-order valence-corrected chi connectivity index (χ1v) is 10.0. The van der Waals surface area contributed by atoms with E-state index in [9.17, 15) is 27.5 Å². The normalized spacial score (nSPS) is 17.1. The monoisotopic (exact) mass is 469 g/mol. The number of benzene rings is 1. The molecular formula is C21H20F5N5O2. The smallest absolute Gasteiger partial charge is 0.290 e. The number of anilines is 1. The molecule has 0 spiro atoms. The Kier molecular flexibility index (Phi) is 5.51. The molecule has 0 radical (unpaired) electrons. The van der Waals surface area contributed by atoms with Gasteiger partial charge in [-0.25, -0.2) is 26.5 Å². The summed E-state index contributed by atoms with van der Waals surface area (Å²) in [6.07, 6.45) is -2.55. The molecule has 33 heavy (non-hydrogen) atoms. The highest BCUT2D eigenvalue weighted by atomic mass is 19.3. The van der Waals surface area contributed by atoms with Crippen LogP contribution in [-0.2, 0) is 0 Å². The number of alkyl halides is 4. The molecular weight excluding hydrogens is 449 g/mol. The van der Waals surface area contributed by atoms with Crippen molar-refractivity contribution in [3.8, 4) is 11.1 Å². The Balaban J connectivity index is 1.54. The number of nitrogens with two attached hydrogens (primary N) is 1. The Morgan fingerprint density at radius 2 is 2.06 bits per heavy atom. The van der Waals surface area contributed by atoms with E-state index < -0.39 is 60.5 Å². The minimum atomic E-state index is -3.86. The SMILES string of the molecule is Cc1ccc(-c2ccn3nc(N)nc3c2)c(F)c1C(=O)NCC(F)(F)[C@@H](O)C1CC(F)(F)C1. The Labute approximate surface area is 184 Å². The van der Waals surface area contributed by atoms with E-state index in [0.29, 0.717) is 11.2 Å². The van der Waals surface area contributed by atoms with Gasteiger partial charge in [0.1, 0.15) is 11.9 Å². The number of aliphatic hydroxyl groups excluding tert-OH is 1. The van der Waals surface area contributed by atoms with Crippen LogP contribution in [0.4, 0.5) is 27.9 Å². The van der Waals surface area contributed by atoms with E-state index in [4.69, 9.17) is 5.73 Å². The fourth-order valence-electron chi connectivity index (χ4n) is 3.91. The lowest BCUT2D eigenvalue weighted by molar-refractivity contribution is -0.197. The van der Waals surface area contributed by atoms with E-state index in [1.54, 1.807) is 0 Å². The third-order valence-electron chi connectivity index (χ3n) is 5.73. The maximum atomic E-state index is 15.3. The third kappa shape index (κ3) is 4.34. The maximum absolute atomic E-state index is 15.3. The number of hydrogen-bond donors (Lipinski definition) is 3. The van der Waals surface area contributed by atoms with Gasteiger partial charge in [-0.1, -0.05) is 12.1 Å². The topological polar surface area (TPSA) is 106 Å². The number of carbonyl (C=O) groups excluding carboxylic acids is 1. The number of amides is 1. The maximum Gasteiger partial charge on any atom is 0.290 e. The first kappa shape index (κ1) is 22.9. The molecule has 4 N–H and O–H groups in total. The molecule has 1 saturated carbocycles. The average Bonchev–Trinajstić information content (AvgIpc) is 3.09. The molecule has 1 atom stereocenters. The molecule has 1 aromatic carbocycles. The van der Waals surface area contributed by atoms with Crippen LogP contribution < -0.4 is 11.1 Å². The minimum Gasteiger partial charge on any atom is -0.386 e. The summed E-state index contributed by atoms with van der Waals surface area (Å²) < 4.78 is 71.1. The van der Waals surface area contributed by atoms with Crippen LogP contribution in [-0.4, -0.2) is 50.1 Å². The molecule has 1 fully saturated rings. The van der Waals surface area contributed by atoms with Crippen molar-refractivity contribution >= 4 is 17.5 Å². The van der Waals surface area contributed by atoms with Crippen LogP contribution in [0.15, 0.2) is 30.5 Å². The van der Waals surface area contributed by atoms with E-state index in [-0.39, 0.29) is 17.1 Å². The van der Waals surface area contributed by atoms with Gasteiger partial charge >= 0.3 is 0 Å². The molecule has 0 saturated heterocycles. The van der Waals surface area contributed by atoms with Crippen LogP contribution in [0.3, 0.4) is 0 Å². The Morgan fingerprint density at radius 1 is 1.36 bits per heavy atom.